The van der Waals surface area contributed by atoms with Gasteiger partial charge in [0.25, 0.3) is 5.91 Å². The Morgan fingerprint density at radius 1 is 1.26 bits per heavy atom. The van der Waals surface area contributed by atoms with Gasteiger partial charge >= 0.3 is 6.18 Å². The standard InChI is InChI=1S/C28H32F3N3O4/c1-25-12-19(28(29,30)31)17-11-18-22(35)23(36)20(34(2)3)13-26(18)8-9-27(17,38-26)21(25)7-6-16(25)24(37)33-15-5-4-10-32-14-15/h4-6,10-11,14,20-23,35-36H,7-9,12-13H2,1-3H3,(H,33,37). The van der Waals surface area contributed by atoms with Gasteiger partial charge in [-0.2, -0.15) is 13.2 Å². The molecule has 1 saturated heterocycles. The number of pyridine rings is 1. The van der Waals surface area contributed by atoms with Crippen molar-refractivity contribution in [3.8, 4) is 0 Å². The normalized spacial score (nSPS) is 39.8. The number of hydrogen-bond acceptors (Lipinski definition) is 6. The summed E-state index contributed by atoms with van der Waals surface area (Å²) < 4.78 is 51.0. The molecule has 7 nitrogen and oxygen atoms in total. The van der Waals surface area contributed by atoms with E-state index in [-0.39, 0.29) is 17.9 Å². The summed E-state index contributed by atoms with van der Waals surface area (Å²) in [6.07, 6.45) is 0.363. The molecule has 6 rings (SSSR count). The van der Waals surface area contributed by atoms with E-state index < -0.39 is 52.5 Å². The SMILES string of the molecule is CN(C)C1CC23CCC4(O2)C(=C(C(F)(F)F)CC2(C)C(C(=O)Nc5cccnc5)=CCC24)C=C3C(O)C1O. The van der Waals surface area contributed by atoms with Crippen LogP contribution in [0.4, 0.5) is 18.9 Å². The largest absolute Gasteiger partial charge is 0.413 e. The Morgan fingerprint density at radius 2 is 2.03 bits per heavy atom. The number of aliphatic hydroxyl groups is 2. The number of alkyl halides is 3. The number of nitrogens with zero attached hydrogens (tertiary/aromatic N) is 2. The Hall–Kier alpha value is -2.53. The zero-order valence-electron chi connectivity index (χ0n) is 21.5. The second kappa shape index (κ2) is 8.24. The summed E-state index contributed by atoms with van der Waals surface area (Å²) in [5, 5.41) is 24.7. The van der Waals surface area contributed by atoms with Gasteiger partial charge < -0.3 is 25.2 Å². The van der Waals surface area contributed by atoms with E-state index in [9.17, 15) is 28.2 Å². The Bertz CT molecular complexity index is 1280. The molecule has 204 valence electrons. The van der Waals surface area contributed by atoms with Crippen LogP contribution in [0.3, 0.4) is 0 Å². The van der Waals surface area contributed by atoms with Gasteiger partial charge in [0.2, 0.25) is 0 Å². The van der Waals surface area contributed by atoms with Crippen molar-refractivity contribution in [3.63, 3.8) is 0 Å². The predicted molar refractivity (Wildman–Crippen MR) is 133 cm³/mol. The Balaban J connectivity index is 1.46. The number of aliphatic hydroxyl groups excluding tert-OH is 2. The molecule has 1 aromatic heterocycles. The Labute approximate surface area is 219 Å². The van der Waals surface area contributed by atoms with Crippen LogP contribution in [-0.2, 0) is 9.53 Å². The average molecular weight is 532 g/mol. The first kappa shape index (κ1) is 25.7. The number of anilines is 1. The van der Waals surface area contributed by atoms with Crippen molar-refractivity contribution in [2.24, 2.45) is 11.3 Å². The van der Waals surface area contributed by atoms with Crippen molar-refractivity contribution in [2.45, 2.75) is 74.7 Å². The number of allylic oxidation sites excluding steroid dienone is 2. The molecule has 7 unspecified atom stereocenters. The molecule has 0 aromatic carbocycles. The van der Waals surface area contributed by atoms with E-state index in [0.29, 0.717) is 42.5 Å². The zero-order valence-corrected chi connectivity index (χ0v) is 21.5. The lowest BCUT2D eigenvalue weighted by molar-refractivity contribution is -0.172. The van der Waals surface area contributed by atoms with Crippen LogP contribution in [0.25, 0.3) is 0 Å². The lowest BCUT2D eigenvalue weighted by Crippen LogP contribution is -2.62. The summed E-state index contributed by atoms with van der Waals surface area (Å²) in [5.41, 5.74) is -2.86. The van der Waals surface area contributed by atoms with Crippen LogP contribution in [0.5, 0.6) is 0 Å². The van der Waals surface area contributed by atoms with E-state index in [1.807, 2.05) is 4.90 Å². The Morgan fingerprint density at radius 3 is 2.68 bits per heavy atom. The molecule has 1 saturated carbocycles. The highest BCUT2D eigenvalue weighted by Gasteiger charge is 2.70. The molecule has 1 amide bonds. The molecule has 3 N–H and O–H groups in total. The third kappa shape index (κ3) is 3.43. The first-order valence-corrected chi connectivity index (χ1v) is 13.0. The average Bonchev–Trinajstić information content (AvgIpc) is 3.36. The minimum atomic E-state index is -4.66. The van der Waals surface area contributed by atoms with Gasteiger partial charge in [-0.25, -0.2) is 0 Å². The fourth-order valence-electron chi connectivity index (χ4n) is 7.92. The molecule has 2 bridgehead atoms. The van der Waals surface area contributed by atoms with Gasteiger partial charge in [0.15, 0.2) is 0 Å². The second-order valence-corrected chi connectivity index (χ2v) is 11.8. The quantitative estimate of drug-likeness (QED) is 0.553. The lowest BCUT2D eigenvalue weighted by Gasteiger charge is -2.56. The van der Waals surface area contributed by atoms with Crippen molar-refractivity contribution in [2.75, 3.05) is 19.4 Å². The van der Waals surface area contributed by atoms with Gasteiger partial charge in [0.05, 0.1) is 29.2 Å². The third-order valence-corrected chi connectivity index (χ3v) is 9.68. The summed E-state index contributed by atoms with van der Waals surface area (Å²) >= 11 is 0. The maximum atomic E-state index is 14.7. The first-order valence-electron chi connectivity index (χ1n) is 13.0. The fourth-order valence-corrected chi connectivity index (χ4v) is 7.92. The van der Waals surface area contributed by atoms with Crippen LogP contribution in [0.15, 0.2) is 59.0 Å². The van der Waals surface area contributed by atoms with Crippen LogP contribution in [0.1, 0.15) is 39.0 Å². The van der Waals surface area contributed by atoms with E-state index >= 15 is 0 Å². The van der Waals surface area contributed by atoms with Crippen LogP contribution >= 0.6 is 0 Å². The number of carbonyl (C=O) groups excluding carboxylic acids is 1. The molecular weight excluding hydrogens is 499 g/mol. The molecule has 10 heteroatoms. The molecular formula is C28H32F3N3O4. The highest BCUT2D eigenvalue weighted by atomic mass is 19.4. The molecule has 0 radical (unpaired) electrons. The first-order chi connectivity index (χ1) is 17.8. The predicted octanol–water partition coefficient (Wildman–Crippen LogP) is 3.52. The number of ether oxygens (including phenoxy) is 1. The van der Waals surface area contributed by atoms with Crippen LogP contribution in [-0.4, -0.2) is 75.7 Å². The number of amides is 1. The number of aromatic nitrogens is 1. The molecule has 2 fully saturated rings. The summed E-state index contributed by atoms with van der Waals surface area (Å²) in [7, 11) is 3.61. The van der Waals surface area contributed by atoms with Gasteiger partial charge in [-0.1, -0.05) is 19.1 Å². The molecule has 2 aliphatic heterocycles. The van der Waals surface area contributed by atoms with Crippen molar-refractivity contribution in [1.29, 1.82) is 0 Å². The number of hydrogen-bond donors (Lipinski definition) is 3. The topological polar surface area (TPSA) is 94.9 Å². The van der Waals surface area contributed by atoms with Gasteiger partial charge in [0.1, 0.15) is 6.10 Å². The minimum absolute atomic E-state index is 0.0486. The summed E-state index contributed by atoms with van der Waals surface area (Å²) in [6, 6.07) is 2.94. The zero-order chi connectivity index (χ0) is 27.3. The number of rotatable bonds is 3. The molecule has 1 aromatic rings. The number of halogens is 3. The highest BCUT2D eigenvalue weighted by Crippen LogP contribution is 2.69. The minimum Gasteiger partial charge on any atom is -0.388 e. The molecule has 2 spiro atoms. The number of fused-ring (bicyclic) bond motifs is 1. The van der Waals surface area contributed by atoms with E-state index in [4.69, 9.17) is 4.74 Å². The van der Waals surface area contributed by atoms with E-state index in [0.717, 1.165) is 0 Å². The Kier molecular flexibility index (Phi) is 5.58. The van der Waals surface area contributed by atoms with Crippen LogP contribution in [0.2, 0.25) is 0 Å². The molecule has 7 atom stereocenters. The van der Waals surface area contributed by atoms with E-state index in [1.165, 1.54) is 12.3 Å². The summed E-state index contributed by atoms with van der Waals surface area (Å²) in [6.45, 7) is 1.74. The molecule has 3 heterocycles. The molecule has 5 aliphatic rings. The second-order valence-electron chi connectivity index (χ2n) is 11.8. The smallest absolute Gasteiger partial charge is 0.388 e. The van der Waals surface area contributed by atoms with Gasteiger partial charge in [0, 0.05) is 34.7 Å². The van der Waals surface area contributed by atoms with Crippen molar-refractivity contribution in [1.82, 2.24) is 9.88 Å². The summed E-state index contributed by atoms with van der Waals surface area (Å²) in [4.78, 5) is 19.2. The van der Waals surface area contributed by atoms with Crippen molar-refractivity contribution in [3.05, 3.63) is 59.0 Å². The molecule has 3 aliphatic carbocycles. The number of nitrogens with one attached hydrogen (secondary N) is 1. The number of carbonyl (C=O) groups is 1. The van der Waals surface area contributed by atoms with E-state index in [2.05, 4.69) is 10.3 Å². The lowest BCUT2D eigenvalue weighted by atomic mass is 9.56. The van der Waals surface area contributed by atoms with Crippen LogP contribution < -0.4 is 5.32 Å². The number of likely N-dealkylation sites (N-methyl/N-ethyl adjacent to an activating group) is 1. The monoisotopic (exact) mass is 531 g/mol. The van der Waals surface area contributed by atoms with Gasteiger partial charge in [-0.3, -0.25) is 9.78 Å². The van der Waals surface area contributed by atoms with Gasteiger partial charge in [-0.05, 0) is 69.5 Å². The van der Waals surface area contributed by atoms with Crippen molar-refractivity contribution < 1.29 is 32.9 Å². The maximum absolute atomic E-state index is 14.7. The summed E-state index contributed by atoms with van der Waals surface area (Å²) in [5.74, 6) is -0.822. The van der Waals surface area contributed by atoms with Crippen LogP contribution in [0, 0.1) is 11.3 Å². The third-order valence-electron chi connectivity index (χ3n) is 9.68. The highest BCUT2D eigenvalue weighted by molar-refractivity contribution is 6.05. The van der Waals surface area contributed by atoms with Gasteiger partial charge in [-0.15, -0.1) is 0 Å². The van der Waals surface area contributed by atoms with Crippen molar-refractivity contribution >= 4 is 11.6 Å². The molecule has 38 heavy (non-hydrogen) atoms. The van der Waals surface area contributed by atoms with E-state index in [1.54, 1.807) is 45.4 Å². The maximum Gasteiger partial charge on any atom is 0.413 e. The fraction of sp³-hybridized carbons (Fsp3) is 0.571.